The summed E-state index contributed by atoms with van der Waals surface area (Å²) in [7, 11) is 1.56. The lowest BCUT2D eigenvalue weighted by molar-refractivity contribution is 0.154. The fourth-order valence-corrected chi connectivity index (χ4v) is 1.45. The maximum absolute atomic E-state index is 10.5. The monoisotopic (exact) mass is 257 g/mol. The van der Waals surface area contributed by atoms with Crippen LogP contribution < -0.4 is 0 Å². The van der Waals surface area contributed by atoms with Crippen LogP contribution in [0.4, 0.5) is 4.79 Å². The molecule has 1 aromatic carbocycles. The quantitative estimate of drug-likeness (QED) is 0.847. The maximum Gasteiger partial charge on any atom is 0.407 e. The Morgan fingerprint density at radius 1 is 1.36 bits per heavy atom. The SMILES string of the molecule is CN(Cc1ccc(CBr)cc1)C(=O)O. The first kappa shape index (κ1) is 11.0. The van der Waals surface area contributed by atoms with E-state index in [1.54, 1.807) is 7.05 Å². The number of benzene rings is 1. The van der Waals surface area contributed by atoms with Gasteiger partial charge in [0, 0.05) is 18.9 Å². The molecule has 0 heterocycles. The van der Waals surface area contributed by atoms with Gasteiger partial charge in [-0.15, -0.1) is 0 Å². The van der Waals surface area contributed by atoms with E-state index in [2.05, 4.69) is 15.9 Å². The molecule has 0 radical (unpaired) electrons. The Balaban J connectivity index is 2.64. The fraction of sp³-hybridized carbons (Fsp3) is 0.300. The highest BCUT2D eigenvalue weighted by Gasteiger charge is 2.05. The molecule has 76 valence electrons. The zero-order valence-electron chi connectivity index (χ0n) is 7.90. The highest BCUT2D eigenvalue weighted by molar-refractivity contribution is 9.08. The Bertz CT molecular complexity index is 310. The molecule has 0 bridgehead atoms. The molecule has 0 saturated heterocycles. The molecule has 0 fully saturated rings. The highest BCUT2D eigenvalue weighted by Crippen LogP contribution is 2.09. The van der Waals surface area contributed by atoms with Crippen LogP contribution in [0.25, 0.3) is 0 Å². The Kier molecular flexibility index (Phi) is 3.95. The molecule has 1 rings (SSSR count). The summed E-state index contributed by atoms with van der Waals surface area (Å²) in [5.74, 6) is 0. The van der Waals surface area contributed by atoms with Gasteiger partial charge < -0.3 is 10.0 Å². The van der Waals surface area contributed by atoms with Gasteiger partial charge in [-0.2, -0.15) is 0 Å². The van der Waals surface area contributed by atoms with Crippen molar-refractivity contribution in [2.45, 2.75) is 11.9 Å². The number of carbonyl (C=O) groups is 1. The van der Waals surface area contributed by atoms with Crippen LogP contribution in [0, 0.1) is 0 Å². The summed E-state index contributed by atoms with van der Waals surface area (Å²) in [5.41, 5.74) is 2.19. The summed E-state index contributed by atoms with van der Waals surface area (Å²) < 4.78 is 0. The zero-order chi connectivity index (χ0) is 10.6. The van der Waals surface area contributed by atoms with Gasteiger partial charge >= 0.3 is 6.09 Å². The van der Waals surface area contributed by atoms with E-state index in [0.29, 0.717) is 6.54 Å². The summed E-state index contributed by atoms with van der Waals surface area (Å²) in [6, 6.07) is 7.85. The van der Waals surface area contributed by atoms with Crippen molar-refractivity contribution < 1.29 is 9.90 Å². The molecular weight excluding hydrogens is 246 g/mol. The van der Waals surface area contributed by atoms with E-state index in [1.165, 1.54) is 10.5 Å². The van der Waals surface area contributed by atoms with Crippen LogP contribution in [-0.2, 0) is 11.9 Å². The minimum atomic E-state index is -0.908. The van der Waals surface area contributed by atoms with Crippen LogP contribution in [0.1, 0.15) is 11.1 Å². The lowest BCUT2D eigenvalue weighted by Gasteiger charge is -2.12. The lowest BCUT2D eigenvalue weighted by atomic mass is 10.1. The number of carboxylic acid groups (broad SMARTS) is 1. The van der Waals surface area contributed by atoms with Crippen molar-refractivity contribution in [3.63, 3.8) is 0 Å². The van der Waals surface area contributed by atoms with Crippen molar-refractivity contribution >= 4 is 22.0 Å². The Labute approximate surface area is 91.5 Å². The van der Waals surface area contributed by atoms with E-state index >= 15 is 0 Å². The number of hydrogen-bond acceptors (Lipinski definition) is 1. The predicted octanol–water partition coefficient (Wildman–Crippen LogP) is 2.69. The zero-order valence-corrected chi connectivity index (χ0v) is 9.49. The van der Waals surface area contributed by atoms with E-state index in [1.807, 2.05) is 24.3 Å². The minimum absolute atomic E-state index is 0.428. The molecule has 14 heavy (non-hydrogen) atoms. The first-order valence-corrected chi connectivity index (χ1v) is 5.33. The van der Waals surface area contributed by atoms with Crippen LogP contribution in [-0.4, -0.2) is 23.1 Å². The first-order chi connectivity index (χ1) is 6.63. The van der Waals surface area contributed by atoms with Gasteiger partial charge in [0.2, 0.25) is 0 Å². The lowest BCUT2D eigenvalue weighted by Crippen LogP contribution is -2.23. The molecule has 0 saturated carbocycles. The van der Waals surface area contributed by atoms with Gasteiger partial charge in [0.25, 0.3) is 0 Å². The largest absolute Gasteiger partial charge is 0.465 e. The standard InChI is InChI=1S/C10H12BrNO2/c1-12(10(13)14)7-9-4-2-8(6-11)3-5-9/h2-5H,6-7H2,1H3,(H,13,14). The summed E-state index contributed by atoms with van der Waals surface area (Å²) in [5, 5.41) is 9.48. The number of alkyl halides is 1. The fourth-order valence-electron chi connectivity index (χ4n) is 1.08. The van der Waals surface area contributed by atoms with Crippen molar-refractivity contribution in [1.82, 2.24) is 4.90 Å². The van der Waals surface area contributed by atoms with E-state index in [-0.39, 0.29) is 0 Å². The number of amides is 1. The van der Waals surface area contributed by atoms with Crippen molar-refractivity contribution in [1.29, 1.82) is 0 Å². The average Bonchev–Trinajstić information content (AvgIpc) is 2.19. The van der Waals surface area contributed by atoms with E-state index < -0.39 is 6.09 Å². The molecular formula is C10H12BrNO2. The molecule has 1 N–H and O–H groups in total. The molecule has 4 heteroatoms. The number of nitrogens with zero attached hydrogens (tertiary/aromatic N) is 1. The molecule has 0 aliphatic rings. The van der Waals surface area contributed by atoms with E-state index in [9.17, 15) is 4.79 Å². The molecule has 0 aliphatic heterocycles. The third-order valence-corrected chi connectivity index (χ3v) is 2.57. The first-order valence-electron chi connectivity index (χ1n) is 4.21. The molecule has 0 unspecified atom stereocenters. The van der Waals surface area contributed by atoms with Crippen LogP contribution in [0.15, 0.2) is 24.3 Å². The summed E-state index contributed by atoms with van der Waals surface area (Å²) >= 11 is 3.35. The normalized spacial score (nSPS) is 9.86. The second kappa shape index (κ2) is 5.00. The van der Waals surface area contributed by atoms with Crippen LogP contribution in [0.5, 0.6) is 0 Å². The highest BCUT2D eigenvalue weighted by atomic mass is 79.9. The van der Waals surface area contributed by atoms with Gasteiger partial charge in [0.1, 0.15) is 0 Å². The average molecular weight is 258 g/mol. The van der Waals surface area contributed by atoms with E-state index in [0.717, 1.165) is 10.9 Å². The van der Waals surface area contributed by atoms with Crippen LogP contribution in [0.3, 0.4) is 0 Å². The number of rotatable bonds is 3. The van der Waals surface area contributed by atoms with Crippen molar-refractivity contribution in [3.05, 3.63) is 35.4 Å². The van der Waals surface area contributed by atoms with Crippen molar-refractivity contribution in [3.8, 4) is 0 Å². The Morgan fingerprint density at radius 3 is 2.29 bits per heavy atom. The summed E-state index contributed by atoms with van der Waals surface area (Å²) in [4.78, 5) is 11.8. The second-order valence-electron chi connectivity index (χ2n) is 3.09. The Morgan fingerprint density at radius 2 is 1.86 bits per heavy atom. The van der Waals surface area contributed by atoms with Gasteiger partial charge in [-0.1, -0.05) is 40.2 Å². The van der Waals surface area contributed by atoms with Gasteiger partial charge in [-0.3, -0.25) is 0 Å². The van der Waals surface area contributed by atoms with Crippen molar-refractivity contribution in [2.75, 3.05) is 7.05 Å². The third-order valence-electron chi connectivity index (χ3n) is 1.92. The summed E-state index contributed by atoms with van der Waals surface area (Å²) in [6.07, 6.45) is -0.908. The number of hydrogen-bond donors (Lipinski definition) is 1. The molecule has 1 amide bonds. The minimum Gasteiger partial charge on any atom is -0.465 e. The second-order valence-corrected chi connectivity index (χ2v) is 3.65. The van der Waals surface area contributed by atoms with Gasteiger partial charge in [-0.05, 0) is 11.1 Å². The van der Waals surface area contributed by atoms with Gasteiger partial charge in [0.05, 0.1) is 0 Å². The topological polar surface area (TPSA) is 40.5 Å². The molecule has 0 aliphatic carbocycles. The smallest absolute Gasteiger partial charge is 0.407 e. The number of halogens is 1. The van der Waals surface area contributed by atoms with E-state index in [4.69, 9.17) is 5.11 Å². The maximum atomic E-state index is 10.5. The molecule has 0 atom stereocenters. The van der Waals surface area contributed by atoms with Crippen LogP contribution >= 0.6 is 15.9 Å². The summed E-state index contributed by atoms with van der Waals surface area (Å²) in [6.45, 7) is 0.428. The Hall–Kier alpha value is -1.03. The predicted molar refractivity (Wildman–Crippen MR) is 58.6 cm³/mol. The third kappa shape index (κ3) is 3.03. The van der Waals surface area contributed by atoms with Gasteiger partial charge in [0.15, 0.2) is 0 Å². The van der Waals surface area contributed by atoms with Gasteiger partial charge in [-0.25, -0.2) is 4.79 Å². The molecule has 0 aromatic heterocycles. The molecule has 3 nitrogen and oxygen atoms in total. The molecule has 1 aromatic rings. The van der Waals surface area contributed by atoms with Crippen molar-refractivity contribution in [2.24, 2.45) is 0 Å². The van der Waals surface area contributed by atoms with Crippen LogP contribution in [0.2, 0.25) is 0 Å². The molecule has 0 spiro atoms.